The number of hydrogen-bond acceptors (Lipinski definition) is 3. The molecule has 0 aliphatic rings. The number of nitrogens with zero attached hydrogens (tertiary/aromatic N) is 1. The smallest absolute Gasteiger partial charge is 0.124 e. The van der Waals surface area contributed by atoms with Crippen LogP contribution in [0.3, 0.4) is 0 Å². The quantitative estimate of drug-likeness (QED) is 0.854. The highest BCUT2D eigenvalue weighted by Gasteiger charge is 2.18. The van der Waals surface area contributed by atoms with Gasteiger partial charge < -0.3 is 14.7 Å². The third kappa shape index (κ3) is 2.67. The summed E-state index contributed by atoms with van der Waals surface area (Å²) in [6.45, 7) is 6.44. The Morgan fingerprint density at radius 3 is 2.38 bits per heavy atom. The predicted octanol–water partition coefficient (Wildman–Crippen LogP) is 2.42. The lowest BCUT2D eigenvalue weighted by Crippen LogP contribution is -2.38. The zero-order chi connectivity index (χ0) is 12.3. The summed E-state index contributed by atoms with van der Waals surface area (Å²) in [5, 5.41) is 9.26. The first kappa shape index (κ1) is 12.8. The second-order valence-electron chi connectivity index (χ2n) is 4.88. The Balaban J connectivity index is 3.08. The minimum atomic E-state index is -0.00496. The van der Waals surface area contributed by atoms with E-state index in [1.54, 1.807) is 7.11 Å². The third-order valence-electron chi connectivity index (χ3n) is 2.83. The van der Waals surface area contributed by atoms with Crippen molar-refractivity contribution >= 4 is 5.69 Å². The van der Waals surface area contributed by atoms with Gasteiger partial charge in [-0.3, -0.25) is 0 Å². The monoisotopic (exact) mass is 223 g/mol. The normalized spacial score (nSPS) is 11.4. The van der Waals surface area contributed by atoms with Crippen molar-refractivity contribution < 1.29 is 9.84 Å². The van der Waals surface area contributed by atoms with Crippen molar-refractivity contribution in [3.8, 4) is 5.75 Å². The molecule has 0 amide bonds. The van der Waals surface area contributed by atoms with Crippen molar-refractivity contribution in [2.45, 2.75) is 32.9 Å². The highest BCUT2D eigenvalue weighted by molar-refractivity contribution is 5.54. The molecule has 1 N–H and O–H groups in total. The fraction of sp³-hybridized carbons (Fsp3) is 0.538. The summed E-state index contributed by atoms with van der Waals surface area (Å²) in [6, 6.07) is 5.86. The van der Waals surface area contributed by atoms with Gasteiger partial charge in [0, 0.05) is 23.8 Å². The van der Waals surface area contributed by atoms with Crippen LogP contribution in [-0.4, -0.2) is 24.8 Å². The molecule has 1 aromatic carbocycles. The molecule has 1 rings (SSSR count). The van der Waals surface area contributed by atoms with Gasteiger partial charge >= 0.3 is 0 Å². The molecule has 16 heavy (non-hydrogen) atoms. The van der Waals surface area contributed by atoms with Crippen LogP contribution >= 0.6 is 0 Å². The molecule has 0 atom stereocenters. The van der Waals surface area contributed by atoms with Crippen LogP contribution in [0.1, 0.15) is 26.3 Å². The third-order valence-corrected chi connectivity index (χ3v) is 2.83. The van der Waals surface area contributed by atoms with E-state index in [4.69, 9.17) is 4.74 Å². The topological polar surface area (TPSA) is 32.7 Å². The molecule has 0 aliphatic heterocycles. The Bertz CT molecular complexity index is 355. The van der Waals surface area contributed by atoms with E-state index < -0.39 is 0 Å². The van der Waals surface area contributed by atoms with E-state index in [2.05, 4.69) is 25.7 Å². The maximum Gasteiger partial charge on any atom is 0.124 e. The fourth-order valence-electron chi connectivity index (χ4n) is 1.48. The summed E-state index contributed by atoms with van der Waals surface area (Å²) in [7, 11) is 3.66. The van der Waals surface area contributed by atoms with Crippen molar-refractivity contribution in [1.29, 1.82) is 0 Å². The highest BCUT2D eigenvalue weighted by atomic mass is 16.5. The molecule has 1 aromatic rings. The molecule has 0 radical (unpaired) electrons. The number of rotatable bonds is 3. The van der Waals surface area contributed by atoms with E-state index in [9.17, 15) is 5.11 Å². The van der Waals surface area contributed by atoms with E-state index in [-0.39, 0.29) is 12.1 Å². The van der Waals surface area contributed by atoms with E-state index in [1.165, 1.54) is 0 Å². The lowest BCUT2D eigenvalue weighted by Gasteiger charge is -2.34. The van der Waals surface area contributed by atoms with E-state index in [0.29, 0.717) is 0 Å². The Kier molecular flexibility index (Phi) is 3.81. The average molecular weight is 223 g/mol. The second kappa shape index (κ2) is 4.74. The van der Waals surface area contributed by atoms with Gasteiger partial charge in [-0.1, -0.05) is 0 Å². The molecule has 3 nitrogen and oxygen atoms in total. The lowest BCUT2D eigenvalue weighted by molar-refractivity contribution is 0.274. The molecule has 0 saturated carbocycles. The summed E-state index contributed by atoms with van der Waals surface area (Å²) >= 11 is 0. The van der Waals surface area contributed by atoms with Gasteiger partial charge in [0.15, 0.2) is 0 Å². The Morgan fingerprint density at radius 1 is 1.31 bits per heavy atom. The first-order chi connectivity index (χ1) is 7.40. The molecular formula is C13H21NO2. The molecule has 0 heterocycles. The van der Waals surface area contributed by atoms with Gasteiger partial charge in [-0.25, -0.2) is 0 Å². The number of aliphatic hydroxyl groups excluding tert-OH is 1. The summed E-state index contributed by atoms with van der Waals surface area (Å²) in [6.07, 6.45) is 0. The Labute approximate surface area is 97.7 Å². The lowest BCUT2D eigenvalue weighted by atomic mass is 10.0. The largest absolute Gasteiger partial charge is 0.496 e. The molecule has 0 aliphatic carbocycles. The number of ether oxygens (including phenoxy) is 1. The fourth-order valence-corrected chi connectivity index (χ4v) is 1.48. The van der Waals surface area contributed by atoms with Crippen LogP contribution in [0.5, 0.6) is 5.75 Å². The molecule has 0 fully saturated rings. The van der Waals surface area contributed by atoms with Gasteiger partial charge in [0.2, 0.25) is 0 Å². The average Bonchev–Trinajstić information content (AvgIpc) is 2.25. The summed E-state index contributed by atoms with van der Waals surface area (Å²) in [4.78, 5) is 2.17. The van der Waals surface area contributed by atoms with Crippen molar-refractivity contribution in [2.75, 3.05) is 19.1 Å². The van der Waals surface area contributed by atoms with E-state index in [1.807, 2.05) is 25.2 Å². The van der Waals surface area contributed by atoms with Crippen molar-refractivity contribution in [2.24, 2.45) is 0 Å². The molecule has 90 valence electrons. The molecule has 0 unspecified atom stereocenters. The van der Waals surface area contributed by atoms with Crippen LogP contribution in [0.2, 0.25) is 0 Å². The van der Waals surface area contributed by atoms with Gasteiger partial charge in [-0.05, 0) is 39.0 Å². The number of aliphatic hydroxyl groups is 1. The zero-order valence-corrected chi connectivity index (χ0v) is 10.7. The van der Waals surface area contributed by atoms with E-state index >= 15 is 0 Å². The number of anilines is 1. The maximum absolute atomic E-state index is 9.26. The van der Waals surface area contributed by atoms with Crippen LogP contribution in [0.25, 0.3) is 0 Å². The summed E-state index contributed by atoms with van der Waals surface area (Å²) in [5.41, 5.74) is 1.95. The van der Waals surface area contributed by atoms with Crippen molar-refractivity contribution in [3.63, 3.8) is 0 Å². The minimum Gasteiger partial charge on any atom is -0.496 e. The molecule has 0 spiro atoms. The van der Waals surface area contributed by atoms with Crippen LogP contribution < -0.4 is 9.64 Å². The molecule has 3 heteroatoms. The number of hydrogen-bond donors (Lipinski definition) is 1. The SMILES string of the molecule is COc1ccc(N(C)C(C)(C)C)cc1CO. The molecular weight excluding hydrogens is 202 g/mol. The molecule has 0 saturated heterocycles. The van der Waals surface area contributed by atoms with Crippen LogP contribution in [0.4, 0.5) is 5.69 Å². The standard InChI is InChI=1S/C13H21NO2/c1-13(2,3)14(4)11-6-7-12(16-5)10(8-11)9-15/h6-8,15H,9H2,1-5H3. The predicted molar refractivity (Wildman–Crippen MR) is 67.1 cm³/mol. The highest BCUT2D eigenvalue weighted by Crippen LogP contribution is 2.27. The summed E-state index contributed by atoms with van der Waals surface area (Å²) < 4.78 is 5.18. The first-order valence-electron chi connectivity index (χ1n) is 5.41. The van der Waals surface area contributed by atoms with Gasteiger partial charge in [0.05, 0.1) is 13.7 Å². The zero-order valence-electron chi connectivity index (χ0n) is 10.7. The Hall–Kier alpha value is -1.22. The summed E-state index contributed by atoms with van der Waals surface area (Å²) in [5.74, 6) is 0.730. The molecule has 0 bridgehead atoms. The number of benzene rings is 1. The second-order valence-corrected chi connectivity index (χ2v) is 4.88. The number of methoxy groups -OCH3 is 1. The van der Waals surface area contributed by atoms with Crippen LogP contribution in [0, 0.1) is 0 Å². The van der Waals surface area contributed by atoms with Crippen molar-refractivity contribution in [3.05, 3.63) is 23.8 Å². The van der Waals surface area contributed by atoms with Crippen LogP contribution in [-0.2, 0) is 6.61 Å². The van der Waals surface area contributed by atoms with Gasteiger partial charge in [0.1, 0.15) is 5.75 Å². The first-order valence-corrected chi connectivity index (χ1v) is 5.41. The Morgan fingerprint density at radius 2 is 1.94 bits per heavy atom. The molecule has 0 aromatic heterocycles. The minimum absolute atomic E-state index is 0.00496. The van der Waals surface area contributed by atoms with Gasteiger partial charge in [-0.2, -0.15) is 0 Å². The van der Waals surface area contributed by atoms with Gasteiger partial charge in [-0.15, -0.1) is 0 Å². The van der Waals surface area contributed by atoms with Crippen LogP contribution in [0.15, 0.2) is 18.2 Å². The maximum atomic E-state index is 9.26. The van der Waals surface area contributed by atoms with Gasteiger partial charge in [0.25, 0.3) is 0 Å². The van der Waals surface area contributed by atoms with E-state index in [0.717, 1.165) is 17.0 Å². The van der Waals surface area contributed by atoms with Crippen molar-refractivity contribution in [1.82, 2.24) is 0 Å².